The molecule has 104 valence electrons. The van der Waals surface area contributed by atoms with Crippen LogP contribution in [0.25, 0.3) is 0 Å². The number of morpholine rings is 1. The number of ether oxygens (including phenoxy) is 2. The number of carbonyl (C=O) groups excluding carboxylic acids is 1. The molecular weight excluding hydrogens is 289 g/mol. The van der Waals surface area contributed by atoms with Gasteiger partial charge in [-0.1, -0.05) is 0 Å². The van der Waals surface area contributed by atoms with E-state index in [1.165, 1.54) is 0 Å². The van der Waals surface area contributed by atoms with E-state index in [4.69, 9.17) is 9.47 Å². The zero-order valence-corrected chi connectivity index (χ0v) is 14.7. The molecule has 9 heteroatoms. The summed E-state index contributed by atoms with van der Waals surface area (Å²) in [6, 6.07) is -0.895. The fourth-order valence-corrected chi connectivity index (χ4v) is 2.29. The molecule has 1 aliphatic carbocycles. The molecule has 2 rings (SSSR count). The summed E-state index contributed by atoms with van der Waals surface area (Å²) in [5, 5.41) is 0. The van der Waals surface area contributed by atoms with Gasteiger partial charge in [0.15, 0.2) is 0 Å². The Kier molecular flexibility index (Phi) is 5.47. The summed E-state index contributed by atoms with van der Waals surface area (Å²) in [6.07, 6.45) is -1.59. The van der Waals surface area contributed by atoms with Gasteiger partial charge >= 0.3 is 64.5 Å². The summed E-state index contributed by atoms with van der Waals surface area (Å²) in [6.45, 7) is 0.343. The maximum atomic E-state index is 12.7. The summed E-state index contributed by atoms with van der Waals surface area (Å²) in [7, 11) is 0. The van der Waals surface area contributed by atoms with Crippen LogP contribution in [0.5, 0.6) is 0 Å². The van der Waals surface area contributed by atoms with Gasteiger partial charge in [-0.25, -0.2) is 4.79 Å². The summed E-state index contributed by atoms with van der Waals surface area (Å²) < 4.78 is 48.3. The molecule has 0 bridgehead atoms. The molecule has 0 aromatic heterocycles. The molecule has 0 unspecified atom stereocenters. The van der Waals surface area contributed by atoms with Crippen LogP contribution in [0, 0.1) is 0 Å². The van der Waals surface area contributed by atoms with Gasteiger partial charge in [-0.05, 0) is 26.6 Å². The molecule has 3 atom stereocenters. The van der Waals surface area contributed by atoms with Gasteiger partial charge < -0.3 is 27.3 Å². The maximum absolute atomic E-state index is 12.7. The first-order chi connectivity index (χ1) is 8.11. The Bertz CT molecular complexity index is 361. The number of rotatable bonds is 1. The SMILES string of the molecule is CC(C)(C)OC(=O)N1CCO[C@H]2[C@@H]1[C@@H]2[B-](F)(F)F.[K+]. The molecule has 1 heterocycles. The number of amides is 1. The van der Waals surface area contributed by atoms with Crippen LogP contribution < -0.4 is 51.4 Å². The molecule has 0 aromatic carbocycles. The van der Waals surface area contributed by atoms with Gasteiger partial charge in [0.2, 0.25) is 0 Å². The van der Waals surface area contributed by atoms with Gasteiger partial charge in [0.25, 0.3) is 0 Å². The molecule has 0 radical (unpaired) electrons. The van der Waals surface area contributed by atoms with Gasteiger partial charge in [0, 0.05) is 12.6 Å². The van der Waals surface area contributed by atoms with Gasteiger partial charge in [-0.15, -0.1) is 0 Å². The van der Waals surface area contributed by atoms with Gasteiger partial charge in [-0.3, -0.25) is 0 Å². The van der Waals surface area contributed by atoms with Crippen molar-refractivity contribution in [2.75, 3.05) is 13.2 Å². The first-order valence-electron chi connectivity index (χ1n) is 5.92. The van der Waals surface area contributed by atoms with Crippen molar-refractivity contribution in [2.45, 2.75) is 44.3 Å². The molecule has 1 saturated heterocycles. The van der Waals surface area contributed by atoms with E-state index in [1.54, 1.807) is 20.8 Å². The maximum Gasteiger partial charge on any atom is 1.00 e. The normalized spacial score (nSPS) is 30.2. The molecular formula is C10H16BF3KNO3. The Labute approximate surface area is 152 Å². The fourth-order valence-electron chi connectivity index (χ4n) is 2.29. The first kappa shape index (κ1) is 17.8. The summed E-state index contributed by atoms with van der Waals surface area (Å²) in [5.74, 6) is -1.51. The van der Waals surface area contributed by atoms with Crippen LogP contribution in [-0.2, 0) is 9.47 Å². The van der Waals surface area contributed by atoms with Crippen LogP contribution in [-0.4, -0.2) is 48.9 Å². The van der Waals surface area contributed by atoms with Crippen LogP contribution >= 0.6 is 0 Å². The predicted octanol–water partition coefficient (Wildman–Crippen LogP) is -0.774. The second kappa shape index (κ2) is 5.84. The number of fused-ring (bicyclic) bond motifs is 1. The Morgan fingerprint density at radius 2 is 1.95 bits per heavy atom. The molecule has 0 spiro atoms. The second-order valence-corrected chi connectivity index (χ2v) is 5.70. The van der Waals surface area contributed by atoms with Crippen molar-refractivity contribution >= 4 is 13.1 Å². The van der Waals surface area contributed by atoms with Crippen molar-refractivity contribution in [1.82, 2.24) is 4.90 Å². The Hall–Kier alpha value is 0.721. The van der Waals surface area contributed by atoms with Crippen molar-refractivity contribution < 1.29 is 78.6 Å². The van der Waals surface area contributed by atoms with Crippen LogP contribution in [0.1, 0.15) is 20.8 Å². The minimum atomic E-state index is -4.98. The third-order valence-electron chi connectivity index (χ3n) is 3.04. The topological polar surface area (TPSA) is 38.8 Å². The van der Waals surface area contributed by atoms with Gasteiger partial charge in [0.1, 0.15) is 5.60 Å². The van der Waals surface area contributed by atoms with E-state index < -0.39 is 36.6 Å². The average molecular weight is 305 g/mol. The Morgan fingerprint density at radius 1 is 1.37 bits per heavy atom. The standard InChI is InChI=1S/C10H16BF3NO3.K/c1-10(2,3)18-9(16)15-4-5-17-8-6(7(8)15)11(12,13)14;/h6-8H,4-5H2,1-3H3;/q-1;+1/t6-,7-,8+;/m0./s1. The van der Waals surface area contributed by atoms with E-state index in [0.29, 0.717) is 0 Å². The number of nitrogens with zero attached hydrogens (tertiary/aromatic N) is 1. The van der Waals surface area contributed by atoms with E-state index in [1.807, 2.05) is 0 Å². The minimum absolute atomic E-state index is 0. The van der Waals surface area contributed by atoms with Crippen LogP contribution in [0.2, 0.25) is 5.82 Å². The third kappa shape index (κ3) is 4.10. The quantitative estimate of drug-likeness (QED) is 0.597. The average Bonchev–Trinajstić information content (AvgIpc) is 2.86. The van der Waals surface area contributed by atoms with Crippen molar-refractivity contribution in [3.8, 4) is 0 Å². The monoisotopic (exact) mass is 305 g/mol. The first-order valence-corrected chi connectivity index (χ1v) is 5.92. The molecule has 1 aliphatic heterocycles. The Morgan fingerprint density at radius 3 is 2.42 bits per heavy atom. The summed E-state index contributed by atoms with van der Waals surface area (Å²) in [4.78, 5) is 13.0. The number of halogens is 3. The van der Waals surface area contributed by atoms with E-state index in [-0.39, 0.29) is 64.5 Å². The number of carbonyl (C=O) groups is 1. The molecule has 2 fully saturated rings. The molecule has 0 N–H and O–H groups in total. The molecule has 19 heavy (non-hydrogen) atoms. The van der Waals surface area contributed by atoms with Crippen LogP contribution in [0.3, 0.4) is 0 Å². The number of hydrogen-bond acceptors (Lipinski definition) is 3. The zero-order valence-electron chi connectivity index (χ0n) is 11.5. The van der Waals surface area contributed by atoms with E-state index >= 15 is 0 Å². The fraction of sp³-hybridized carbons (Fsp3) is 0.900. The smallest absolute Gasteiger partial charge is 0.449 e. The molecule has 4 nitrogen and oxygen atoms in total. The molecule has 0 aromatic rings. The summed E-state index contributed by atoms with van der Waals surface area (Å²) >= 11 is 0. The van der Waals surface area contributed by atoms with Gasteiger partial charge in [-0.2, -0.15) is 0 Å². The Balaban J connectivity index is 0.00000180. The largest absolute Gasteiger partial charge is 1.00 e. The second-order valence-electron chi connectivity index (χ2n) is 5.70. The van der Waals surface area contributed by atoms with E-state index in [0.717, 1.165) is 4.90 Å². The molecule has 1 saturated carbocycles. The predicted molar refractivity (Wildman–Crippen MR) is 59.3 cm³/mol. The molecule has 2 aliphatic rings. The van der Waals surface area contributed by atoms with Crippen LogP contribution in [0.15, 0.2) is 0 Å². The zero-order chi connectivity index (χ0) is 13.7. The van der Waals surface area contributed by atoms with Crippen LogP contribution in [0.4, 0.5) is 17.7 Å². The van der Waals surface area contributed by atoms with E-state index in [9.17, 15) is 17.7 Å². The van der Waals surface area contributed by atoms with E-state index in [2.05, 4.69) is 0 Å². The minimum Gasteiger partial charge on any atom is -0.449 e. The molecule has 1 amide bonds. The van der Waals surface area contributed by atoms with Crippen molar-refractivity contribution in [2.24, 2.45) is 0 Å². The van der Waals surface area contributed by atoms with Crippen molar-refractivity contribution in [1.29, 1.82) is 0 Å². The summed E-state index contributed by atoms with van der Waals surface area (Å²) in [5.41, 5.74) is -0.710. The van der Waals surface area contributed by atoms with Crippen molar-refractivity contribution in [3.63, 3.8) is 0 Å². The third-order valence-corrected chi connectivity index (χ3v) is 3.04. The number of hydrogen-bond donors (Lipinski definition) is 0. The van der Waals surface area contributed by atoms with Gasteiger partial charge in [0.05, 0.1) is 12.7 Å². The van der Waals surface area contributed by atoms with Crippen molar-refractivity contribution in [3.05, 3.63) is 0 Å².